The number of halogens is 3. The molecule has 19 heavy (non-hydrogen) atoms. The van der Waals surface area contributed by atoms with Crippen LogP contribution in [0.25, 0.3) is 0 Å². The molecule has 0 aliphatic rings. The Hall–Kier alpha value is -0.840. The quantitative estimate of drug-likeness (QED) is 0.808. The maximum atomic E-state index is 13.5. The molecule has 0 fully saturated rings. The Kier molecular flexibility index (Phi) is 6.04. The molecule has 0 heterocycles. The molecule has 0 saturated heterocycles. The summed E-state index contributed by atoms with van der Waals surface area (Å²) in [6.07, 6.45) is 0.0336. The maximum Gasteiger partial charge on any atom is 0.304 e. The van der Waals surface area contributed by atoms with Gasteiger partial charge in [0.1, 0.15) is 5.82 Å². The molecule has 0 radical (unpaired) electrons. The lowest BCUT2D eigenvalue weighted by molar-refractivity contribution is -0.137. The molecule has 0 amide bonds. The van der Waals surface area contributed by atoms with E-state index in [1.807, 2.05) is 18.7 Å². The Morgan fingerprint density at radius 3 is 2.58 bits per heavy atom. The molecule has 0 aliphatic heterocycles. The number of carboxylic acids is 1. The van der Waals surface area contributed by atoms with E-state index in [4.69, 9.17) is 28.3 Å². The van der Waals surface area contributed by atoms with E-state index in [9.17, 15) is 9.18 Å². The molecule has 0 saturated carbocycles. The minimum absolute atomic E-state index is 0.0189. The molecule has 6 heteroatoms. The summed E-state index contributed by atoms with van der Waals surface area (Å²) < 4.78 is 13.5. The fourth-order valence-corrected chi connectivity index (χ4v) is 2.46. The summed E-state index contributed by atoms with van der Waals surface area (Å²) in [5.74, 6) is -1.39. The Morgan fingerprint density at radius 1 is 1.42 bits per heavy atom. The summed E-state index contributed by atoms with van der Waals surface area (Å²) in [6, 6.07) is 2.50. The summed E-state index contributed by atoms with van der Waals surface area (Å²) in [5.41, 5.74) is 0.607. The van der Waals surface area contributed by atoms with Crippen molar-refractivity contribution in [3.63, 3.8) is 0 Å². The third-order valence-electron chi connectivity index (χ3n) is 3.06. The van der Waals surface area contributed by atoms with Crippen molar-refractivity contribution in [3.8, 4) is 0 Å². The second-order valence-electron chi connectivity index (χ2n) is 4.24. The monoisotopic (exact) mass is 307 g/mol. The van der Waals surface area contributed by atoms with Gasteiger partial charge in [0.05, 0.1) is 11.4 Å². The van der Waals surface area contributed by atoms with E-state index < -0.39 is 11.8 Å². The van der Waals surface area contributed by atoms with E-state index in [2.05, 4.69) is 0 Å². The minimum atomic E-state index is -0.862. The number of carbonyl (C=O) groups is 1. The number of hydrogen-bond donors (Lipinski definition) is 1. The van der Waals surface area contributed by atoms with Gasteiger partial charge in [-0.15, -0.1) is 0 Å². The van der Waals surface area contributed by atoms with Gasteiger partial charge in [0.15, 0.2) is 0 Å². The molecule has 1 aromatic carbocycles. The van der Waals surface area contributed by atoms with E-state index in [0.717, 1.165) is 0 Å². The number of rotatable bonds is 6. The highest BCUT2D eigenvalue weighted by molar-refractivity contribution is 6.35. The van der Waals surface area contributed by atoms with Crippen LogP contribution in [0.3, 0.4) is 0 Å². The number of aliphatic carboxylic acids is 1. The fraction of sp³-hybridized carbons (Fsp3) is 0.462. The summed E-state index contributed by atoms with van der Waals surface area (Å²) in [6.45, 7) is 4.81. The van der Waals surface area contributed by atoms with Gasteiger partial charge < -0.3 is 5.11 Å². The van der Waals surface area contributed by atoms with Crippen LogP contribution in [0.5, 0.6) is 0 Å². The van der Waals surface area contributed by atoms with Gasteiger partial charge >= 0.3 is 5.97 Å². The lowest BCUT2D eigenvalue weighted by Crippen LogP contribution is -2.29. The molecule has 0 spiro atoms. The van der Waals surface area contributed by atoms with Crippen LogP contribution in [-0.4, -0.2) is 29.1 Å². The van der Waals surface area contributed by atoms with E-state index in [1.54, 1.807) is 0 Å². The van der Waals surface area contributed by atoms with Crippen molar-refractivity contribution in [2.75, 3.05) is 13.1 Å². The number of benzene rings is 1. The third kappa shape index (κ3) is 4.34. The lowest BCUT2D eigenvalue weighted by atomic mass is 10.1. The number of nitrogens with zero attached hydrogens (tertiary/aromatic N) is 1. The molecule has 1 atom stereocenters. The molecule has 0 aliphatic carbocycles. The first kappa shape index (κ1) is 16.2. The Balaban J connectivity index is 2.93. The van der Waals surface area contributed by atoms with Crippen molar-refractivity contribution in [1.29, 1.82) is 0 Å². The summed E-state index contributed by atoms with van der Waals surface area (Å²) in [7, 11) is 0. The smallest absolute Gasteiger partial charge is 0.304 e. The van der Waals surface area contributed by atoms with Crippen LogP contribution >= 0.6 is 23.2 Å². The third-order valence-corrected chi connectivity index (χ3v) is 3.67. The number of carboxylic acid groups (broad SMARTS) is 1. The first-order valence-corrected chi connectivity index (χ1v) is 6.72. The van der Waals surface area contributed by atoms with Crippen molar-refractivity contribution >= 4 is 29.2 Å². The van der Waals surface area contributed by atoms with E-state index in [-0.39, 0.29) is 17.5 Å². The Bertz CT molecular complexity index is 468. The Morgan fingerprint density at radius 2 is 2.05 bits per heavy atom. The zero-order valence-corrected chi connectivity index (χ0v) is 12.3. The van der Waals surface area contributed by atoms with Crippen molar-refractivity contribution in [2.45, 2.75) is 26.3 Å². The van der Waals surface area contributed by atoms with E-state index in [1.165, 1.54) is 12.1 Å². The predicted molar refractivity (Wildman–Crippen MR) is 74.3 cm³/mol. The van der Waals surface area contributed by atoms with Gasteiger partial charge in [0, 0.05) is 17.6 Å². The largest absolute Gasteiger partial charge is 0.481 e. The average molecular weight is 308 g/mol. The molecule has 0 bridgehead atoms. The van der Waals surface area contributed by atoms with Crippen LogP contribution in [0.1, 0.15) is 31.9 Å². The van der Waals surface area contributed by atoms with Crippen molar-refractivity contribution in [3.05, 3.63) is 33.6 Å². The molecular formula is C13H16Cl2FNO2. The van der Waals surface area contributed by atoms with Gasteiger partial charge in [-0.3, -0.25) is 9.69 Å². The predicted octanol–water partition coefficient (Wildman–Crippen LogP) is 3.99. The van der Waals surface area contributed by atoms with Crippen molar-refractivity contribution < 1.29 is 14.3 Å². The molecule has 0 aromatic heterocycles. The highest BCUT2D eigenvalue weighted by atomic mass is 35.5. The SMILES string of the molecule is CCN(CCC(=O)O)C(C)c1cc(F)c(Cl)cc1Cl. The highest BCUT2D eigenvalue weighted by Gasteiger charge is 2.19. The highest BCUT2D eigenvalue weighted by Crippen LogP contribution is 2.31. The van der Waals surface area contributed by atoms with Crippen LogP contribution < -0.4 is 0 Å². The second kappa shape index (κ2) is 7.08. The normalized spacial score (nSPS) is 12.7. The standard InChI is InChI=1S/C13H16Cl2FNO2/c1-3-17(5-4-13(18)19)8(2)9-6-12(16)11(15)7-10(9)14/h6-8H,3-5H2,1-2H3,(H,18,19). The fourth-order valence-electron chi connectivity index (χ4n) is 1.92. The van der Waals surface area contributed by atoms with Crippen molar-refractivity contribution in [2.24, 2.45) is 0 Å². The second-order valence-corrected chi connectivity index (χ2v) is 5.05. The van der Waals surface area contributed by atoms with Gasteiger partial charge in [0.2, 0.25) is 0 Å². The Labute approximate surface area is 121 Å². The first-order chi connectivity index (χ1) is 8.86. The molecule has 1 rings (SSSR count). The average Bonchev–Trinajstić information content (AvgIpc) is 2.34. The summed E-state index contributed by atoms with van der Waals surface area (Å²) in [4.78, 5) is 12.5. The van der Waals surface area contributed by atoms with Crippen LogP contribution in [0.2, 0.25) is 10.0 Å². The van der Waals surface area contributed by atoms with Crippen LogP contribution in [0, 0.1) is 5.82 Å². The zero-order chi connectivity index (χ0) is 14.6. The van der Waals surface area contributed by atoms with E-state index >= 15 is 0 Å². The summed E-state index contributed by atoms with van der Waals surface area (Å²) >= 11 is 11.7. The molecule has 3 nitrogen and oxygen atoms in total. The molecule has 106 valence electrons. The van der Waals surface area contributed by atoms with Crippen LogP contribution in [-0.2, 0) is 4.79 Å². The topological polar surface area (TPSA) is 40.5 Å². The molecule has 1 N–H and O–H groups in total. The van der Waals surface area contributed by atoms with Crippen LogP contribution in [0.4, 0.5) is 4.39 Å². The number of hydrogen-bond acceptors (Lipinski definition) is 2. The first-order valence-electron chi connectivity index (χ1n) is 5.97. The molecule has 1 aromatic rings. The maximum absolute atomic E-state index is 13.5. The van der Waals surface area contributed by atoms with Gasteiger partial charge in [-0.2, -0.15) is 0 Å². The van der Waals surface area contributed by atoms with Crippen LogP contribution in [0.15, 0.2) is 12.1 Å². The van der Waals surface area contributed by atoms with Gasteiger partial charge in [-0.25, -0.2) is 4.39 Å². The zero-order valence-electron chi connectivity index (χ0n) is 10.8. The van der Waals surface area contributed by atoms with Gasteiger partial charge in [-0.05, 0) is 31.2 Å². The summed E-state index contributed by atoms with van der Waals surface area (Å²) in [5, 5.41) is 9.08. The molecule has 1 unspecified atom stereocenters. The minimum Gasteiger partial charge on any atom is -0.481 e. The van der Waals surface area contributed by atoms with E-state index in [0.29, 0.717) is 23.7 Å². The van der Waals surface area contributed by atoms with Gasteiger partial charge in [0.25, 0.3) is 0 Å². The lowest BCUT2D eigenvalue weighted by Gasteiger charge is -2.28. The van der Waals surface area contributed by atoms with Gasteiger partial charge in [-0.1, -0.05) is 30.1 Å². The molecular weight excluding hydrogens is 292 g/mol. The van der Waals surface area contributed by atoms with Crippen molar-refractivity contribution in [1.82, 2.24) is 4.90 Å².